The Labute approximate surface area is 237 Å². The smallest absolute Gasteiger partial charge is 0.433 e. The van der Waals surface area contributed by atoms with E-state index in [1.165, 1.54) is 29.0 Å². The van der Waals surface area contributed by atoms with Crippen LogP contribution in [0, 0.1) is 28.8 Å². The highest BCUT2D eigenvalue weighted by molar-refractivity contribution is 6.00. The Morgan fingerprint density at radius 3 is 2.21 bits per heavy atom. The minimum atomic E-state index is -4.83. The van der Waals surface area contributed by atoms with E-state index in [2.05, 4.69) is 20.1 Å². The van der Waals surface area contributed by atoms with E-state index in [-0.39, 0.29) is 43.1 Å². The SMILES string of the molecule is COc1ccc(-c2cc(C(F)(F)F)n3ncc(C(=O)N4CCN(Cc5c(F)c(F)c(N=[N+]=N)c(F)c5F)CC4)c3n2)cc1. The largest absolute Gasteiger partial charge is 0.497 e. The first-order chi connectivity index (χ1) is 20.4. The molecule has 1 aliphatic rings. The van der Waals surface area contributed by atoms with Crippen molar-refractivity contribution in [1.82, 2.24) is 29.3 Å². The van der Waals surface area contributed by atoms with E-state index in [0.29, 0.717) is 15.8 Å². The summed E-state index contributed by atoms with van der Waals surface area (Å²) in [5.74, 6) is -7.18. The number of aromatic nitrogens is 3. The second kappa shape index (κ2) is 11.4. The van der Waals surface area contributed by atoms with E-state index in [0.717, 1.165) is 12.3 Å². The maximum absolute atomic E-state index is 14.5. The number of methoxy groups -OCH3 is 1. The number of rotatable bonds is 6. The highest BCUT2D eigenvalue weighted by atomic mass is 19.4. The molecule has 0 saturated carbocycles. The van der Waals surface area contributed by atoms with Crippen LogP contribution < -0.4 is 9.65 Å². The molecule has 0 radical (unpaired) electrons. The van der Waals surface area contributed by atoms with Crippen LogP contribution in [0.3, 0.4) is 0 Å². The lowest BCUT2D eigenvalue weighted by Gasteiger charge is -2.34. The second-order valence-corrected chi connectivity index (χ2v) is 9.40. The lowest BCUT2D eigenvalue weighted by Crippen LogP contribution is -2.48. The number of nitrogens with zero attached hydrogens (tertiary/aromatic N) is 7. The van der Waals surface area contributed by atoms with Crippen molar-refractivity contribution < 1.29 is 40.3 Å². The number of carbonyl (C=O) groups is 1. The molecule has 0 bridgehead atoms. The molecule has 2 aromatic carbocycles. The number of carbonyl (C=O) groups excluding carboxylic acids is 1. The van der Waals surface area contributed by atoms with Gasteiger partial charge in [0.15, 0.2) is 39.7 Å². The van der Waals surface area contributed by atoms with Gasteiger partial charge < -0.3 is 9.64 Å². The monoisotopic (exact) mass is 609 g/mol. The minimum absolute atomic E-state index is 0.0135. The highest BCUT2D eigenvalue weighted by Crippen LogP contribution is 2.34. The molecule has 1 fully saturated rings. The first-order valence-electron chi connectivity index (χ1n) is 12.5. The van der Waals surface area contributed by atoms with Crippen LogP contribution in [0.1, 0.15) is 21.6 Å². The topological polar surface area (TPSA) is 113 Å². The van der Waals surface area contributed by atoms with E-state index in [1.54, 1.807) is 12.1 Å². The Morgan fingerprint density at radius 1 is 1.02 bits per heavy atom. The Bertz CT molecular complexity index is 1730. The van der Waals surface area contributed by atoms with E-state index in [1.807, 2.05) is 0 Å². The van der Waals surface area contributed by atoms with Gasteiger partial charge in [-0.25, -0.2) is 27.1 Å². The highest BCUT2D eigenvalue weighted by Gasteiger charge is 2.37. The van der Waals surface area contributed by atoms with Crippen molar-refractivity contribution in [2.24, 2.45) is 5.11 Å². The first-order valence-corrected chi connectivity index (χ1v) is 12.5. The number of halogens is 7. The Hall–Kier alpha value is -4.89. The molecule has 2 aromatic heterocycles. The molecule has 17 heteroatoms. The van der Waals surface area contributed by atoms with Gasteiger partial charge in [-0.3, -0.25) is 9.69 Å². The average molecular weight is 609 g/mol. The van der Waals surface area contributed by atoms with Gasteiger partial charge in [0.05, 0.1) is 19.0 Å². The third-order valence-corrected chi connectivity index (χ3v) is 6.90. The van der Waals surface area contributed by atoms with Crippen molar-refractivity contribution in [1.29, 1.82) is 5.53 Å². The number of alkyl halides is 3. The van der Waals surface area contributed by atoms with Crippen LogP contribution in [-0.4, -0.2) is 63.6 Å². The molecule has 224 valence electrons. The number of ether oxygens (including phenoxy) is 1. The van der Waals surface area contributed by atoms with Crippen molar-refractivity contribution in [3.63, 3.8) is 0 Å². The number of fused-ring (bicyclic) bond motifs is 1. The number of nitrogens with one attached hydrogen (secondary N) is 1. The number of piperazine rings is 1. The fourth-order valence-electron chi connectivity index (χ4n) is 4.67. The van der Waals surface area contributed by atoms with Crippen molar-refractivity contribution in [2.75, 3.05) is 33.3 Å². The molecule has 1 saturated heterocycles. The molecule has 43 heavy (non-hydrogen) atoms. The lowest BCUT2D eigenvalue weighted by atomic mass is 10.1. The summed E-state index contributed by atoms with van der Waals surface area (Å²) in [6, 6.07) is 6.96. The summed E-state index contributed by atoms with van der Waals surface area (Å²) in [7, 11) is 1.44. The zero-order valence-electron chi connectivity index (χ0n) is 22.1. The average Bonchev–Trinajstić information content (AvgIpc) is 3.43. The lowest BCUT2D eigenvalue weighted by molar-refractivity contribution is -0.142. The zero-order valence-corrected chi connectivity index (χ0v) is 22.1. The predicted octanol–water partition coefficient (Wildman–Crippen LogP) is 5.12. The molecule has 0 unspecified atom stereocenters. The van der Waals surface area contributed by atoms with Gasteiger partial charge >= 0.3 is 6.18 Å². The van der Waals surface area contributed by atoms with Crippen LogP contribution in [0.4, 0.5) is 36.4 Å². The summed E-state index contributed by atoms with van der Waals surface area (Å²) in [5.41, 5.74) is 2.90. The van der Waals surface area contributed by atoms with Gasteiger partial charge in [0.2, 0.25) is 10.6 Å². The molecule has 1 amide bonds. The molecule has 3 heterocycles. The fourth-order valence-corrected chi connectivity index (χ4v) is 4.67. The number of hydrogen-bond donors (Lipinski definition) is 1. The zero-order chi connectivity index (χ0) is 31.1. The molecule has 4 aromatic rings. The minimum Gasteiger partial charge on any atom is -0.497 e. The second-order valence-electron chi connectivity index (χ2n) is 9.40. The molecule has 1 aliphatic heterocycles. The summed E-state index contributed by atoms with van der Waals surface area (Å²) >= 11 is 0. The fraction of sp³-hybridized carbons (Fsp3) is 0.269. The van der Waals surface area contributed by atoms with Crippen molar-refractivity contribution in [3.8, 4) is 17.0 Å². The molecule has 1 N–H and O–H groups in total. The summed E-state index contributed by atoms with van der Waals surface area (Å²) in [6.45, 7) is -0.580. The van der Waals surface area contributed by atoms with Crippen LogP contribution in [0.15, 0.2) is 41.6 Å². The number of amides is 1. The quantitative estimate of drug-likeness (QED) is 0.141. The number of benzene rings is 2. The van der Waals surface area contributed by atoms with Crippen LogP contribution in [-0.2, 0) is 12.7 Å². The van der Waals surface area contributed by atoms with Crippen molar-refractivity contribution in [3.05, 3.63) is 76.6 Å². The van der Waals surface area contributed by atoms with Gasteiger partial charge in [0.1, 0.15) is 16.8 Å². The molecule has 0 atom stereocenters. The standard InChI is InChI=1S/C26H20F7N8O2/c1-43-14-4-2-13(3-5-14)17-10-18(26(31,32)33)41-24(36-17)15(11-35-41)25(42)40-8-6-39(7-9-40)12-16-19(27)21(29)23(37-38-34)22(30)20(16)28/h2-5,10-11,34H,6-9,12H2,1H3/q+1. The van der Waals surface area contributed by atoms with Gasteiger partial charge in [0.25, 0.3) is 5.91 Å². The molecule has 10 nitrogen and oxygen atoms in total. The third kappa shape index (κ3) is 5.51. The van der Waals surface area contributed by atoms with E-state index in [9.17, 15) is 35.5 Å². The molecule has 5 rings (SSSR count). The van der Waals surface area contributed by atoms with Gasteiger partial charge in [-0.2, -0.15) is 18.3 Å². The van der Waals surface area contributed by atoms with Crippen LogP contribution in [0.5, 0.6) is 5.75 Å². The van der Waals surface area contributed by atoms with Gasteiger partial charge in [0, 0.05) is 43.9 Å². The Morgan fingerprint density at radius 2 is 1.65 bits per heavy atom. The number of hydrogen-bond acceptors (Lipinski definition) is 7. The van der Waals surface area contributed by atoms with Crippen molar-refractivity contribution in [2.45, 2.75) is 12.7 Å². The molecule has 0 spiro atoms. The van der Waals surface area contributed by atoms with E-state index in [4.69, 9.17) is 10.3 Å². The third-order valence-electron chi connectivity index (χ3n) is 6.90. The van der Waals surface area contributed by atoms with E-state index < -0.39 is 58.8 Å². The maximum atomic E-state index is 14.5. The summed E-state index contributed by atoms with van der Waals surface area (Å²) in [5, 5.41) is 6.53. The molecular weight excluding hydrogens is 589 g/mol. The van der Waals surface area contributed by atoms with Crippen LogP contribution in [0.25, 0.3) is 16.9 Å². The molecule has 0 aliphatic carbocycles. The summed E-state index contributed by atoms with van der Waals surface area (Å²) in [6.07, 6.45) is -3.84. The van der Waals surface area contributed by atoms with Crippen molar-refractivity contribution >= 4 is 17.2 Å². The van der Waals surface area contributed by atoms with Crippen LogP contribution >= 0.6 is 0 Å². The Balaban J connectivity index is 1.39. The maximum Gasteiger partial charge on any atom is 0.433 e. The van der Waals surface area contributed by atoms with Gasteiger partial charge in [-0.1, -0.05) is 0 Å². The van der Waals surface area contributed by atoms with E-state index >= 15 is 0 Å². The Kier molecular flexibility index (Phi) is 7.86. The van der Waals surface area contributed by atoms with Crippen LogP contribution in [0.2, 0.25) is 0 Å². The first kappa shape index (κ1) is 29.6. The normalized spacial score (nSPS) is 14.2. The van der Waals surface area contributed by atoms with Gasteiger partial charge in [-0.05, 0) is 30.3 Å². The summed E-state index contributed by atoms with van der Waals surface area (Å²) < 4.78 is 105. The molecular formula is C26H20F7N8O2+. The summed E-state index contributed by atoms with van der Waals surface area (Å²) in [4.78, 5) is 22.8. The predicted molar refractivity (Wildman–Crippen MR) is 134 cm³/mol. The van der Waals surface area contributed by atoms with Gasteiger partial charge in [-0.15, -0.1) is 0 Å².